The van der Waals surface area contributed by atoms with E-state index in [2.05, 4.69) is 81.8 Å². The van der Waals surface area contributed by atoms with Crippen molar-refractivity contribution in [1.29, 1.82) is 0 Å². The van der Waals surface area contributed by atoms with Crippen molar-refractivity contribution in [3.05, 3.63) is 230 Å². The van der Waals surface area contributed by atoms with Gasteiger partial charge in [-0.1, -0.05) is 13.8 Å². The van der Waals surface area contributed by atoms with E-state index in [0.29, 0.717) is 102 Å². The van der Waals surface area contributed by atoms with E-state index in [9.17, 15) is 10.2 Å². The number of phenols is 2. The lowest BCUT2D eigenvalue weighted by atomic mass is 9.77. The third-order valence-corrected chi connectivity index (χ3v) is 12.8. The van der Waals surface area contributed by atoms with Gasteiger partial charge in [0.15, 0.2) is 11.5 Å². The van der Waals surface area contributed by atoms with Crippen LogP contribution in [0, 0.1) is 0 Å². The zero-order valence-electron chi connectivity index (χ0n) is 45.6. The summed E-state index contributed by atoms with van der Waals surface area (Å²) in [5.41, 5.74) is 33.0. The van der Waals surface area contributed by atoms with Crippen LogP contribution in [-0.4, -0.2) is 10.2 Å². The zero-order chi connectivity index (χ0) is 59.1. The van der Waals surface area contributed by atoms with Gasteiger partial charge < -0.3 is 33.1 Å². The van der Waals surface area contributed by atoms with Gasteiger partial charge in [-0.2, -0.15) is 61.4 Å². The molecule has 10 aromatic rings. The van der Waals surface area contributed by atoms with E-state index >= 15 is 0 Å². The molecule has 22 nitrogen and oxygen atoms in total. The molecule has 0 fully saturated rings. The number of aromatic hydroxyl groups is 2. The van der Waals surface area contributed by atoms with Crippen molar-refractivity contribution < 1.29 is 10.2 Å². The molecule has 0 aliphatic rings. The molecule has 22 heteroatoms. The molecule has 0 radical (unpaired) electrons. The molecule has 0 saturated heterocycles. The van der Waals surface area contributed by atoms with Crippen LogP contribution in [0.1, 0.15) is 25.0 Å². The number of rotatable bonds is 18. The van der Waals surface area contributed by atoms with E-state index in [0.717, 1.165) is 0 Å². The first kappa shape index (κ1) is 56.1. The topological polar surface area (TPSA) is 342 Å². The van der Waals surface area contributed by atoms with Crippen LogP contribution in [0.15, 0.2) is 300 Å². The molecule has 416 valence electrons. The molecule has 0 unspecified atom stereocenters. The number of nitrogens with zero attached hydrogens (tertiary/aromatic N) is 16. The van der Waals surface area contributed by atoms with E-state index in [-0.39, 0.29) is 34.2 Å². The lowest BCUT2D eigenvalue weighted by Crippen LogP contribution is -2.18. The van der Waals surface area contributed by atoms with E-state index in [4.69, 9.17) is 22.9 Å². The summed E-state index contributed by atoms with van der Waals surface area (Å²) in [7, 11) is 0. The van der Waals surface area contributed by atoms with Crippen molar-refractivity contribution >= 4 is 114 Å². The van der Waals surface area contributed by atoms with Gasteiger partial charge in [-0.15, -0.1) is 20.5 Å². The molecule has 0 aromatic heterocycles. The molecular formula is C63H52N20O2. The second-order valence-corrected chi connectivity index (χ2v) is 19.4. The minimum absolute atomic E-state index is 0.0802. The van der Waals surface area contributed by atoms with Crippen molar-refractivity contribution in [1.82, 2.24) is 0 Å². The minimum atomic E-state index is -0.979. The van der Waals surface area contributed by atoms with Gasteiger partial charge in [-0.3, -0.25) is 0 Å². The molecule has 0 spiro atoms. The lowest BCUT2D eigenvalue weighted by Gasteiger charge is -2.27. The van der Waals surface area contributed by atoms with Crippen LogP contribution in [0.4, 0.5) is 114 Å². The summed E-state index contributed by atoms with van der Waals surface area (Å²) in [4.78, 5) is 0. The van der Waals surface area contributed by atoms with Gasteiger partial charge in [-0.25, -0.2) is 0 Å². The molecule has 0 aliphatic carbocycles. The Bertz CT molecular complexity index is 3670. The molecule has 0 aliphatic heterocycles. The van der Waals surface area contributed by atoms with Crippen LogP contribution in [0.3, 0.4) is 0 Å². The normalized spacial score (nSPS) is 12.3. The monoisotopic (exact) mass is 1120 g/mol. The standard InChI is InChI=1S/C63H52N20O2/c1-63(2,39-35-57(80-76-53-27-19-49(20-28-53)72-68-45-11-3-41(64)4-12-45)61(84)58(36-39)81-77-54-29-21-50(22-30-54)73-69-46-13-5-42(65)6-14-46)40-37-59(82-78-55-31-23-51(24-32-55)74-70-47-15-7-43(66)8-16-47)62(85)60(38-40)83-79-56-33-25-52(26-34-56)75-71-48-17-9-44(67)10-18-48/h3-38,84-85H,64-67H2,1-2H3. The second kappa shape index (κ2) is 25.9. The molecule has 10 rings (SSSR count). The summed E-state index contributed by atoms with van der Waals surface area (Å²) < 4.78 is 0. The predicted molar refractivity (Wildman–Crippen MR) is 331 cm³/mol. The molecule has 85 heavy (non-hydrogen) atoms. The van der Waals surface area contributed by atoms with Crippen LogP contribution in [0.2, 0.25) is 0 Å². The van der Waals surface area contributed by atoms with Gasteiger partial charge in [0.1, 0.15) is 22.7 Å². The maximum absolute atomic E-state index is 11.9. The molecule has 0 heterocycles. The second-order valence-electron chi connectivity index (χ2n) is 19.4. The molecule has 0 saturated carbocycles. The van der Waals surface area contributed by atoms with Crippen molar-refractivity contribution in [2.75, 3.05) is 22.9 Å². The zero-order valence-corrected chi connectivity index (χ0v) is 45.6. The smallest absolute Gasteiger partial charge is 0.171 e. The highest BCUT2D eigenvalue weighted by Crippen LogP contribution is 2.48. The van der Waals surface area contributed by atoms with Gasteiger partial charge in [0.25, 0.3) is 0 Å². The summed E-state index contributed by atoms with van der Waals surface area (Å²) in [5.74, 6) is -0.583. The molecule has 0 amide bonds. The van der Waals surface area contributed by atoms with Crippen LogP contribution in [0.25, 0.3) is 0 Å². The van der Waals surface area contributed by atoms with Crippen molar-refractivity contribution in [2.45, 2.75) is 19.3 Å². The number of anilines is 4. The van der Waals surface area contributed by atoms with Gasteiger partial charge >= 0.3 is 0 Å². The van der Waals surface area contributed by atoms with Gasteiger partial charge in [0, 0.05) is 28.2 Å². The average Bonchev–Trinajstić information content (AvgIpc) is 3.33. The minimum Gasteiger partial charge on any atom is -0.504 e. The summed E-state index contributed by atoms with van der Waals surface area (Å²) >= 11 is 0. The first-order chi connectivity index (χ1) is 41.2. The summed E-state index contributed by atoms with van der Waals surface area (Å²) in [6.07, 6.45) is 0. The summed E-state index contributed by atoms with van der Waals surface area (Å²) in [6.45, 7) is 3.89. The number of hydrogen-bond donors (Lipinski definition) is 6. The summed E-state index contributed by atoms with van der Waals surface area (Å²) in [6, 6.07) is 62.6. The number of azo groups is 8. The summed E-state index contributed by atoms with van der Waals surface area (Å²) in [5, 5.41) is 94.3. The highest BCUT2D eigenvalue weighted by atomic mass is 16.3. The Morgan fingerprint density at radius 1 is 0.224 bits per heavy atom. The van der Waals surface area contributed by atoms with Gasteiger partial charge in [0.05, 0.1) is 68.2 Å². The predicted octanol–water partition coefficient (Wildman–Crippen LogP) is 21.1. The van der Waals surface area contributed by atoms with E-state index in [1.54, 1.807) is 218 Å². The Hall–Kier alpha value is -12.2. The van der Waals surface area contributed by atoms with Crippen molar-refractivity contribution in [3.63, 3.8) is 0 Å². The Kier molecular flexibility index (Phi) is 17.1. The first-order valence-electron chi connectivity index (χ1n) is 26.2. The maximum atomic E-state index is 11.9. The van der Waals surface area contributed by atoms with E-state index in [1.807, 2.05) is 13.8 Å². The average molecular weight is 1120 g/mol. The third-order valence-electron chi connectivity index (χ3n) is 12.8. The van der Waals surface area contributed by atoms with Gasteiger partial charge in [0.2, 0.25) is 0 Å². The maximum Gasteiger partial charge on any atom is 0.171 e. The Morgan fingerprint density at radius 2 is 0.353 bits per heavy atom. The number of benzene rings is 10. The molecular weight excluding hydrogens is 1070 g/mol. The Balaban J connectivity index is 0.990. The highest BCUT2D eigenvalue weighted by Gasteiger charge is 2.29. The van der Waals surface area contributed by atoms with E-state index < -0.39 is 5.41 Å². The van der Waals surface area contributed by atoms with Gasteiger partial charge in [-0.05, 0) is 230 Å². The van der Waals surface area contributed by atoms with Crippen molar-refractivity contribution in [2.24, 2.45) is 81.8 Å². The van der Waals surface area contributed by atoms with Crippen molar-refractivity contribution in [3.8, 4) is 11.5 Å². The number of phenolic OH excluding ortho intramolecular Hbond substituents is 2. The molecule has 10 aromatic carbocycles. The van der Waals surface area contributed by atoms with E-state index in [1.165, 1.54) is 0 Å². The fourth-order valence-electron chi connectivity index (χ4n) is 7.82. The molecule has 0 atom stereocenters. The van der Waals surface area contributed by atoms with Crippen LogP contribution >= 0.6 is 0 Å². The number of nitrogens with two attached hydrogens (primary N) is 4. The third kappa shape index (κ3) is 15.2. The van der Waals surface area contributed by atoms with Crippen LogP contribution in [-0.2, 0) is 5.41 Å². The molecule has 0 bridgehead atoms. The quantitative estimate of drug-likeness (QED) is 0.0358. The fourth-order valence-corrected chi connectivity index (χ4v) is 7.82. The largest absolute Gasteiger partial charge is 0.504 e. The number of nitrogen functional groups attached to an aromatic ring is 4. The highest BCUT2D eigenvalue weighted by molar-refractivity contribution is 5.72. The lowest BCUT2D eigenvalue weighted by molar-refractivity contribution is 0.476. The Morgan fingerprint density at radius 3 is 0.506 bits per heavy atom. The fraction of sp³-hybridized carbons (Fsp3) is 0.0476. The Labute approximate surface area is 487 Å². The first-order valence-corrected chi connectivity index (χ1v) is 26.2. The number of hydrogen-bond acceptors (Lipinski definition) is 22. The molecule has 10 N–H and O–H groups in total. The van der Waals surface area contributed by atoms with Crippen LogP contribution < -0.4 is 22.9 Å². The SMILES string of the molecule is CC(C)(c1cc(N=Nc2ccc(N=Nc3ccc(N)cc3)cc2)c(O)c(N=Nc2ccc(N=Nc3ccc(N)cc3)cc2)c1)c1cc(N=Nc2ccc(N=Nc3ccc(N)cc3)cc2)c(O)c(N=Nc2ccc(N=Nc3ccc(N)cc3)cc2)c1. The van der Waals surface area contributed by atoms with Crippen LogP contribution in [0.5, 0.6) is 11.5 Å².